The molecule has 4 aromatic rings. The number of rotatable bonds is 6. The van der Waals surface area contributed by atoms with Crippen LogP contribution in [0.15, 0.2) is 65.6 Å². The lowest BCUT2D eigenvalue weighted by molar-refractivity contribution is -0.143. The average molecular weight is 483 g/mol. The summed E-state index contributed by atoms with van der Waals surface area (Å²) in [6.07, 6.45) is -3.40. The number of hydrogen-bond acceptors (Lipinski definition) is 5. The third-order valence-corrected chi connectivity index (χ3v) is 5.57. The molecule has 7 nitrogen and oxygen atoms in total. The van der Waals surface area contributed by atoms with Gasteiger partial charge in [-0.25, -0.2) is 4.98 Å². The molecule has 2 aromatic carbocycles. The maximum absolute atomic E-state index is 13.1. The Morgan fingerprint density at radius 3 is 2.51 bits per heavy atom. The lowest BCUT2D eigenvalue weighted by Crippen LogP contribution is -2.27. The molecule has 0 saturated carbocycles. The van der Waals surface area contributed by atoms with Crippen LogP contribution in [0.5, 0.6) is 0 Å². The predicted octanol–water partition coefficient (Wildman–Crippen LogP) is 4.25. The Morgan fingerprint density at radius 2 is 1.77 bits per heavy atom. The maximum Gasteiger partial charge on any atom is 0.416 e. The van der Waals surface area contributed by atoms with Crippen LogP contribution in [-0.2, 0) is 22.3 Å². The fourth-order valence-corrected chi connectivity index (χ4v) is 3.94. The van der Waals surface area contributed by atoms with Gasteiger partial charge < -0.3 is 9.30 Å². The van der Waals surface area contributed by atoms with Crippen molar-refractivity contribution in [2.75, 3.05) is 6.61 Å². The number of para-hydroxylation sites is 2. The Labute approximate surface area is 197 Å². The number of halogens is 3. The van der Waals surface area contributed by atoms with E-state index in [1.807, 2.05) is 0 Å². The molecule has 0 aliphatic carbocycles. The highest BCUT2D eigenvalue weighted by molar-refractivity contribution is 5.99. The van der Waals surface area contributed by atoms with Gasteiger partial charge in [0.15, 0.2) is 6.61 Å². The van der Waals surface area contributed by atoms with Crippen molar-refractivity contribution >= 4 is 22.8 Å². The van der Waals surface area contributed by atoms with Crippen LogP contribution in [0.4, 0.5) is 13.2 Å². The lowest BCUT2D eigenvalue weighted by Gasteiger charge is -2.13. The number of ketones is 1. The number of ether oxygens (including phenoxy) is 1. The van der Waals surface area contributed by atoms with Crippen molar-refractivity contribution in [1.29, 1.82) is 0 Å². The molecular formula is C25H20F3N3O4. The molecule has 10 heteroatoms. The summed E-state index contributed by atoms with van der Waals surface area (Å²) in [5, 5.41) is 0. The molecule has 2 heterocycles. The Morgan fingerprint density at radius 1 is 1.03 bits per heavy atom. The van der Waals surface area contributed by atoms with Crippen LogP contribution >= 0.6 is 0 Å². The van der Waals surface area contributed by atoms with E-state index in [9.17, 15) is 27.6 Å². The second-order valence-electron chi connectivity index (χ2n) is 7.92. The molecule has 0 aliphatic heterocycles. The first-order valence-electron chi connectivity index (χ1n) is 10.6. The summed E-state index contributed by atoms with van der Waals surface area (Å²) in [4.78, 5) is 41.4. The molecule has 0 fully saturated rings. The van der Waals surface area contributed by atoms with E-state index in [1.54, 1.807) is 38.1 Å². The molecule has 4 rings (SSSR count). The van der Waals surface area contributed by atoms with Gasteiger partial charge in [-0.05, 0) is 50.2 Å². The topological polar surface area (TPSA) is 83.2 Å². The lowest BCUT2D eigenvalue weighted by atomic mass is 10.1. The first kappa shape index (κ1) is 23.9. The first-order chi connectivity index (χ1) is 16.6. The van der Waals surface area contributed by atoms with Crippen LogP contribution in [0.25, 0.3) is 16.7 Å². The van der Waals surface area contributed by atoms with Gasteiger partial charge in [0.2, 0.25) is 5.78 Å². The van der Waals surface area contributed by atoms with E-state index in [0.29, 0.717) is 22.4 Å². The molecule has 0 unspecified atom stereocenters. The number of benzene rings is 2. The first-order valence-corrected chi connectivity index (χ1v) is 10.6. The zero-order valence-electron chi connectivity index (χ0n) is 18.8. The summed E-state index contributed by atoms with van der Waals surface area (Å²) >= 11 is 0. The molecule has 0 spiro atoms. The van der Waals surface area contributed by atoms with Gasteiger partial charge in [-0.2, -0.15) is 13.2 Å². The van der Waals surface area contributed by atoms with Crippen molar-refractivity contribution in [1.82, 2.24) is 14.1 Å². The third kappa shape index (κ3) is 4.86. The van der Waals surface area contributed by atoms with Gasteiger partial charge in [0.1, 0.15) is 6.54 Å². The van der Waals surface area contributed by atoms with Crippen LogP contribution in [0, 0.1) is 13.8 Å². The second-order valence-corrected chi connectivity index (χ2v) is 7.92. The zero-order valence-corrected chi connectivity index (χ0v) is 18.8. The third-order valence-electron chi connectivity index (χ3n) is 5.57. The molecule has 0 aliphatic rings. The van der Waals surface area contributed by atoms with Crippen LogP contribution < -0.4 is 5.56 Å². The van der Waals surface area contributed by atoms with Crippen molar-refractivity contribution in [3.8, 4) is 5.69 Å². The van der Waals surface area contributed by atoms with Crippen molar-refractivity contribution in [2.24, 2.45) is 0 Å². The summed E-state index contributed by atoms with van der Waals surface area (Å²) in [6.45, 7) is 2.28. The molecule has 0 bridgehead atoms. The fourth-order valence-electron chi connectivity index (χ4n) is 3.94. The number of esters is 1. The average Bonchev–Trinajstić information content (AvgIpc) is 3.12. The summed E-state index contributed by atoms with van der Waals surface area (Å²) < 4.78 is 47.2. The molecule has 0 N–H and O–H groups in total. The standard InChI is InChI=1S/C25H20F3N3O4/c1-15-10-19(16(2)31(15)18-7-5-6-17(11-18)25(26,27)28)22(32)14-35-24(34)13-30-21-9-4-3-8-20(21)29-12-23(30)33/h3-12H,13-14H2,1-2H3. The highest BCUT2D eigenvalue weighted by atomic mass is 19.4. The number of hydrogen-bond donors (Lipinski definition) is 0. The fraction of sp³-hybridized carbons (Fsp3) is 0.200. The summed E-state index contributed by atoms with van der Waals surface area (Å²) in [7, 11) is 0. The largest absolute Gasteiger partial charge is 0.456 e. The Hall–Kier alpha value is -4.21. The number of carbonyl (C=O) groups excluding carboxylic acids is 2. The number of aryl methyl sites for hydroxylation is 1. The Bertz CT molecular complexity index is 1500. The summed E-state index contributed by atoms with van der Waals surface area (Å²) in [5.41, 5.74) is 1.13. The Kier molecular flexibility index (Phi) is 6.29. The van der Waals surface area contributed by atoms with Gasteiger partial charge in [0.25, 0.3) is 5.56 Å². The Balaban J connectivity index is 1.51. The van der Waals surface area contributed by atoms with E-state index in [-0.39, 0.29) is 11.3 Å². The summed E-state index contributed by atoms with van der Waals surface area (Å²) in [6, 6.07) is 13.1. The van der Waals surface area contributed by atoms with E-state index in [4.69, 9.17) is 4.74 Å². The normalized spacial score (nSPS) is 11.6. The van der Waals surface area contributed by atoms with Crippen LogP contribution in [0.3, 0.4) is 0 Å². The monoisotopic (exact) mass is 483 g/mol. The molecule has 0 radical (unpaired) electrons. The summed E-state index contributed by atoms with van der Waals surface area (Å²) in [5.74, 6) is -1.31. The minimum atomic E-state index is -4.50. The quantitative estimate of drug-likeness (QED) is 0.303. The van der Waals surface area contributed by atoms with E-state index < -0.39 is 42.2 Å². The molecule has 0 amide bonds. The van der Waals surface area contributed by atoms with Gasteiger partial charge >= 0.3 is 12.1 Å². The number of fused-ring (bicyclic) bond motifs is 1. The van der Waals surface area contributed by atoms with Gasteiger partial charge in [0.05, 0.1) is 22.8 Å². The van der Waals surface area contributed by atoms with Gasteiger partial charge in [-0.3, -0.25) is 19.0 Å². The highest BCUT2D eigenvalue weighted by Crippen LogP contribution is 2.31. The smallest absolute Gasteiger partial charge is 0.416 e. The highest BCUT2D eigenvalue weighted by Gasteiger charge is 2.31. The van der Waals surface area contributed by atoms with Gasteiger partial charge in [-0.15, -0.1) is 0 Å². The van der Waals surface area contributed by atoms with Crippen molar-refractivity contribution in [2.45, 2.75) is 26.6 Å². The molecular weight excluding hydrogens is 463 g/mol. The van der Waals surface area contributed by atoms with Crippen LogP contribution in [0.1, 0.15) is 27.3 Å². The minimum Gasteiger partial charge on any atom is -0.456 e. The van der Waals surface area contributed by atoms with E-state index in [2.05, 4.69) is 4.98 Å². The van der Waals surface area contributed by atoms with Crippen molar-refractivity contribution < 1.29 is 27.5 Å². The van der Waals surface area contributed by atoms with Crippen molar-refractivity contribution in [3.63, 3.8) is 0 Å². The SMILES string of the molecule is Cc1cc(C(=O)COC(=O)Cn2c(=O)cnc3ccccc32)c(C)n1-c1cccc(C(F)(F)F)c1. The predicted molar refractivity (Wildman–Crippen MR) is 122 cm³/mol. The molecule has 0 atom stereocenters. The van der Waals surface area contributed by atoms with Gasteiger partial charge in [0, 0.05) is 22.6 Å². The van der Waals surface area contributed by atoms with E-state index in [0.717, 1.165) is 18.3 Å². The number of alkyl halides is 3. The number of carbonyl (C=O) groups is 2. The number of aromatic nitrogens is 3. The van der Waals surface area contributed by atoms with Crippen LogP contribution in [0.2, 0.25) is 0 Å². The van der Waals surface area contributed by atoms with E-state index in [1.165, 1.54) is 27.3 Å². The van der Waals surface area contributed by atoms with Crippen LogP contribution in [-0.4, -0.2) is 32.5 Å². The number of Topliss-reactive ketones (excluding diaryl/α,β-unsaturated/α-hetero) is 1. The zero-order chi connectivity index (χ0) is 25.3. The molecule has 0 saturated heterocycles. The molecule has 2 aromatic heterocycles. The van der Waals surface area contributed by atoms with Crippen molar-refractivity contribution in [3.05, 3.63) is 93.7 Å². The second kappa shape index (κ2) is 9.21. The van der Waals surface area contributed by atoms with Gasteiger partial charge in [-0.1, -0.05) is 18.2 Å². The molecule has 35 heavy (non-hydrogen) atoms. The van der Waals surface area contributed by atoms with E-state index >= 15 is 0 Å². The molecule has 180 valence electrons. The minimum absolute atomic E-state index is 0.222. The number of nitrogens with zero attached hydrogens (tertiary/aromatic N) is 3. The maximum atomic E-state index is 13.1.